The molecule has 0 bridgehead atoms. The van der Waals surface area contributed by atoms with Crippen molar-refractivity contribution in [1.29, 1.82) is 0 Å². The lowest BCUT2D eigenvalue weighted by Gasteiger charge is -2.19. The van der Waals surface area contributed by atoms with Gasteiger partial charge in [0.25, 0.3) is 0 Å². The van der Waals surface area contributed by atoms with Crippen LogP contribution in [-0.4, -0.2) is 18.0 Å². The molecule has 2 rings (SSSR count). The highest BCUT2D eigenvalue weighted by molar-refractivity contribution is 6.31. The second-order valence-corrected chi connectivity index (χ2v) is 6.09. The van der Waals surface area contributed by atoms with Gasteiger partial charge in [-0.2, -0.15) is 0 Å². The van der Waals surface area contributed by atoms with Crippen LogP contribution in [0.25, 0.3) is 0 Å². The second kappa shape index (κ2) is 9.08. The summed E-state index contributed by atoms with van der Waals surface area (Å²) in [6.07, 6.45) is -0.642. The number of nitrogens with one attached hydrogen (secondary N) is 2. The van der Waals surface area contributed by atoms with Crippen molar-refractivity contribution in [2.24, 2.45) is 0 Å². The van der Waals surface area contributed by atoms with Gasteiger partial charge in [0.15, 0.2) is 0 Å². The molecule has 0 aliphatic rings. The Balaban J connectivity index is 1.81. The summed E-state index contributed by atoms with van der Waals surface area (Å²) in [5, 5.41) is 5.92. The zero-order valence-corrected chi connectivity index (χ0v) is 14.9. The molecular formula is C19H21ClN2O3. The third kappa shape index (κ3) is 5.80. The van der Waals surface area contributed by atoms with E-state index in [1.807, 2.05) is 55.5 Å². The molecule has 6 heteroatoms. The van der Waals surface area contributed by atoms with Crippen molar-refractivity contribution in [2.75, 3.05) is 0 Å². The minimum atomic E-state index is -0.729. The lowest BCUT2D eigenvalue weighted by atomic mass is 10.1. The first-order valence-corrected chi connectivity index (χ1v) is 8.37. The molecule has 0 spiro atoms. The highest BCUT2D eigenvalue weighted by Crippen LogP contribution is 2.22. The number of rotatable bonds is 6. The third-order valence-electron chi connectivity index (χ3n) is 3.67. The van der Waals surface area contributed by atoms with E-state index in [0.717, 1.165) is 11.1 Å². The molecule has 5 nitrogen and oxygen atoms in total. The molecule has 2 N–H and O–H groups in total. The predicted octanol–water partition coefficient (Wildman–Crippen LogP) is 3.83. The standard InChI is InChI=1S/C19H21ClN2O3/c1-13(16-10-6-7-11-17(16)20)21-18(23)14(2)22-19(24)25-12-15-8-4-3-5-9-15/h3-11,13-14H,12H2,1-2H3,(H,21,23)(H,22,24)/t13-,14+/m1/s1. The molecular weight excluding hydrogens is 340 g/mol. The van der Waals surface area contributed by atoms with Crippen molar-refractivity contribution in [3.05, 3.63) is 70.7 Å². The monoisotopic (exact) mass is 360 g/mol. The van der Waals surface area contributed by atoms with Crippen molar-refractivity contribution in [3.8, 4) is 0 Å². The van der Waals surface area contributed by atoms with E-state index in [9.17, 15) is 9.59 Å². The summed E-state index contributed by atoms with van der Waals surface area (Å²) in [4.78, 5) is 24.0. The molecule has 0 unspecified atom stereocenters. The van der Waals surface area contributed by atoms with Gasteiger partial charge in [-0.3, -0.25) is 4.79 Å². The fourth-order valence-corrected chi connectivity index (χ4v) is 2.55. The highest BCUT2D eigenvalue weighted by Gasteiger charge is 2.19. The van der Waals surface area contributed by atoms with E-state index in [0.29, 0.717) is 5.02 Å². The number of hydrogen-bond donors (Lipinski definition) is 2. The summed E-state index contributed by atoms with van der Waals surface area (Å²) < 4.78 is 5.11. The van der Waals surface area contributed by atoms with Gasteiger partial charge in [0.1, 0.15) is 12.6 Å². The van der Waals surface area contributed by atoms with Crippen molar-refractivity contribution in [2.45, 2.75) is 32.5 Å². The number of ether oxygens (including phenoxy) is 1. The van der Waals surface area contributed by atoms with E-state index >= 15 is 0 Å². The topological polar surface area (TPSA) is 67.4 Å². The quantitative estimate of drug-likeness (QED) is 0.822. The number of carbonyl (C=O) groups excluding carboxylic acids is 2. The van der Waals surface area contributed by atoms with Crippen LogP contribution in [-0.2, 0) is 16.1 Å². The summed E-state index contributed by atoms with van der Waals surface area (Å²) >= 11 is 6.12. The zero-order valence-electron chi connectivity index (χ0n) is 14.2. The van der Waals surface area contributed by atoms with Crippen LogP contribution in [0.3, 0.4) is 0 Å². The average Bonchev–Trinajstić information content (AvgIpc) is 2.61. The summed E-state index contributed by atoms with van der Waals surface area (Å²) in [6.45, 7) is 3.58. The summed E-state index contributed by atoms with van der Waals surface area (Å²) in [7, 11) is 0. The van der Waals surface area contributed by atoms with Crippen molar-refractivity contribution < 1.29 is 14.3 Å². The molecule has 2 aromatic rings. The van der Waals surface area contributed by atoms with E-state index in [2.05, 4.69) is 10.6 Å². The minimum absolute atomic E-state index is 0.150. The van der Waals surface area contributed by atoms with E-state index in [-0.39, 0.29) is 18.6 Å². The van der Waals surface area contributed by atoms with Crippen LogP contribution in [0.1, 0.15) is 31.0 Å². The van der Waals surface area contributed by atoms with Crippen LogP contribution >= 0.6 is 11.6 Å². The Bertz CT molecular complexity index is 722. The molecule has 0 fully saturated rings. The summed E-state index contributed by atoms with van der Waals surface area (Å²) in [6, 6.07) is 15.6. The molecule has 2 aromatic carbocycles. The molecule has 0 heterocycles. The van der Waals surface area contributed by atoms with E-state index in [1.54, 1.807) is 13.0 Å². The van der Waals surface area contributed by atoms with Crippen LogP contribution in [0.5, 0.6) is 0 Å². The molecule has 0 aliphatic heterocycles. The number of alkyl carbamates (subject to hydrolysis) is 1. The molecule has 25 heavy (non-hydrogen) atoms. The van der Waals surface area contributed by atoms with Crippen molar-refractivity contribution >= 4 is 23.6 Å². The molecule has 0 radical (unpaired) electrons. The molecule has 0 saturated heterocycles. The maximum atomic E-state index is 12.2. The van der Waals surface area contributed by atoms with Gasteiger partial charge in [0.2, 0.25) is 5.91 Å². The van der Waals surface area contributed by atoms with Crippen LogP contribution < -0.4 is 10.6 Å². The van der Waals surface area contributed by atoms with Gasteiger partial charge in [0, 0.05) is 5.02 Å². The molecule has 0 saturated carbocycles. The van der Waals surface area contributed by atoms with Gasteiger partial charge in [-0.1, -0.05) is 60.1 Å². The fraction of sp³-hybridized carbons (Fsp3) is 0.263. The Morgan fingerprint density at radius 3 is 2.32 bits per heavy atom. The predicted molar refractivity (Wildman–Crippen MR) is 97.2 cm³/mol. The molecule has 0 aliphatic carbocycles. The van der Waals surface area contributed by atoms with Crippen LogP contribution in [0.4, 0.5) is 4.79 Å². The fourth-order valence-electron chi connectivity index (χ4n) is 2.25. The first kappa shape index (κ1) is 18.8. The van der Waals surface area contributed by atoms with E-state index in [1.165, 1.54) is 0 Å². The third-order valence-corrected chi connectivity index (χ3v) is 4.02. The lowest BCUT2D eigenvalue weighted by Crippen LogP contribution is -2.45. The average molecular weight is 361 g/mol. The summed E-state index contributed by atoms with van der Waals surface area (Å²) in [5.74, 6) is -0.316. The Kier molecular flexibility index (Phi) is 6.83. The minimum Gasteiger partial charge on any atom is -0.445 e. The molecule has 2 amide bonds. The smallest absolute Gasteiger partial charge is 0.408 e. The zero-order chi connectivity index (χ0) is 18.2. The van der Waals surface area contributed by atoms with Gasteiger partial charge >= 0.3 is 6.09 Å². The van der Waals surface area contributed by atoms with Crippen molar-refractivity contribution in [1.82, 2.24) is 10.6 Å². The van der Waals surface area contributed by atoms with Gasteiger partial charge in [-0.05, 0) is 31.0 Å². The van der Waals surface area contributed by atoms with Gasteiger partial charge in [-0.25, -0.2) is 4.79 Å². The number of carbonyl (C=O) groups is 2. The Labute approximate surface area is 152 Å². The second-order valence-electron chi connectivity index (χ2n) is 5.68. The summed E-state index contributed by atoms with van der Waals surface area (Å²) in [5.41, 5.74) is 1.69. The normalized spacial score (nSPS) is 12.8. The van der Waals surface area contributed by atoms with E-state index in [4.69, 9.17) is 16.3 Å². The SMILES string of the molecule is C[C@H](NC(=O)OCc1ccccc1)C(=O)N[C@H](C)c1ccccc1Cl. The number of hydrogen-bond acceptors (Lipinski definition) is 3. The molecule has 0 aromatic heterocycles. The number of halogens is 1. The van der Waals surface area contributed by atoms with Crippen LogP contribution in [0.15, 0.2) is 54.6 Å². The van der Waals surface area contributed by atoms with Gasteiger partial charge in [0.05, 0.1) is 6.04 Å². The Morgan fingerprint density at radius 2 is 1.64 bits per heavy atom. The first-order chi connectivity index (χ1) is 12.0. The maximum absolute atomic E-state index is 12.2. The van der Waals surface area contributed by atoms with E-state index < -0.39 is 12.1 Å². The van der Waals surface area contributed by atoms with Crippen LogP contribution in [0, 0.1) is 0 Å². The van der Waals surface area contributed by atoms with Crippen molar-refractivity contribution in [3.63, 3.8) is 0 Å². The van der Waals surface area contributed by atoms with Gasteiger partial charge in [-0.15, -0.1) is 0 Å². The Morgan fingerprint density at radius 1 is 1.00 bits per heavy atom. The van der Waals surface area contributed by atoms with Crippen LogP contribution in [0.2, 0.25) is 5.02 Å². The maximum Gasteiger partial charge on any atom is 0.408 e. The lowest BCUT2D eigenvalue weighted by molar-refractivity contribution is -0.123. The molecule has 132 valence electrons. The van der Waals surface area contributed by atoms with Gasteiger partial charge < -0.3 is 15.4 Å². The number of benzene rings is 2. The largest absolute Gasteiger partial charge is 0.445 e. The Hall–Kier alpha value is -2.53. The number of amides is 2. The first-order valence-electron chi connectivity index (χ1n) is 7.99. The highest BCUT2D eigenvalue weighted by atomic mass is 35.5. The molecule has 2 atom stereocenters.